The number of carbonyl (C=O) groups excluding carboxylic acids is 2. The van der Waals surface area contributed by atoms with Crippen molar-refractivity contribution in [2.75, 3.05) is 0 Å². The zero-order valence-corrected chi connectivity index (χ0v) is 9.37. The highest BCUT2D eigenvalue weighted by molar-refractivity contribution is 5.98. The number of hydrogen-bond acceptors (Lipinski definition) is 3. The van der Waals surface area contributed by atoms with Gasteiger partial charge in [0.15, 0.2) is 5.78 Å². The van der Waals surface area contributed by atoms with Gasteiger partial charge in [0, 0.05) is 12.7 Å². The fourth-order valence-corrected chi connectivity index (χ4v) is 1.10. The quantitative estimate of drug-likeness (QED) is 0.785. The van der Waals surface area contributed by atoms with Crippen LogP contribution in [0, 0.1) is 6.92 Å². The van der Waals surface area contributed by atoms with Crippen LogP contribution in [0.3, 0.4) is 0 Å². The Bertz CT molecular complexity index is 395. The summed E-state index contributed by atoms with van der Waals surface area (Å²) in [7, 11) is 1.76. The number of nitrogens with zero attached hydrogens (tertiary/aromatic N) is 2. The zero-order chi connectivity index (χ0) is 11.6. The van der Waals surface area contributed by atoms with Crippen LogP contribution in [0.1, 0.15) is 29.9 Å². The molecule has 1 unspecified atom stereocenters. The van der Waals surface area contributed by atoms with Crippen LogP contribution in [0.4, 0.5) is 0 Å². The van der Waals surface area contributed by atoms with E-state index in [1.165, 1.54) is 13.1 Å². The molecule has 1 amide bonds. The Morgan fingerprint density at radius 1 is 1.53 bits per heavy atom. The van der Waals surface area contributed by atoms with Crippen molar-refractivity contribution in [1.29, 1.82) is 0 Å². The Hall–Kier alpha value is -1.65. The molecule has 1 heterocycles. The molecule has 5 nitrogen and oxygen atoms in total. The van der Waals surface area contributed by atoms with Crippen molar-refractivity contribution in [2.45, 2.75) is 26.8 Å². The normalized spacial score (nSPS) is 12.3. The minimum Gasteiger partial charge on any atom is -0.342 e. The first-order chi connectivity index (χ1) is 6.93. The summed E-state index contributed by atoms with van der Waals surface area (Å²) in [6.45, 7) is 4.91. The van der Waals surface area contributed by atoms with Crippen molar-refractivity contribution in [3.8, 4) is 0 Å². The molecule has 0 saturated carbocycles. The summed E-state index contributed by atoms with van der Waals surface area (Å²) >= 11 is 0. The largest absolute Gasteiger partial charge is 0.342 e. The van der Waals surface area contributed by atoms with Crippen molar-refractivity contribution in [1.82, 2.24) is 15.1 Å². The van der Waals surface area contributed by atoms with Gasteiger partial charge in [-0.05, 0) is 20.8 Å². The fourth-order valence-electron chi connectivity index (χ4n) is 1.10. The van der Waals surface area contributed by atoms with E-state index in [0.717, 1.165) is 5.69 Å². The highest BCUT2D eigenvalue weighted by Crippen LogP contribution is 2.05. The van der Waals surface area contributed by atoms with E-state index >= 15 is 0 Å². The summed E-state index contributed by atoms with van der Waals surface area (Å²) in [5, 5.41) is 6.57. The molecule has 0 aliphatic carbocycles. The van der Waals surface area contributed by atoms with E-state index < -0.39 is 6.04 Å². The van der Waals surface area contributed by atoms with Crippen molar-refractivity contribution < 1.29 is 9.59 Å². The number of Topliss-reactive ketones (excluding diaryl/α,β-unsaturated/α-hetero) is 1. The fraction of sp³-hybridized carbons (Fsp3) is 0.500. The summed E-state index contributed by atoms with van der Waals surface area (Å²) in [6, 6.07) is -0.461. The van der Waals surface area contributed by atoms with Crippen LogP contribution >= 0.6 is 0 Å². The van der Waals surface area contributed by atoms with Crippen LogP contribution in [0.15, 0.2) is 6.20 Å². The minimum absolute atomic E-state index is 0.0649. The predicted octanol–water partition coefficient (Wildman–Crippen LogP) is 0.436. The summed E-state index contributed by atoms with van der Waals surface area (Å²) in [6.07, 6.45) is 1.50. The molecule has 1 atom stereocenters. The lowest BCUT2D eigenvalue weighted by Crippen LogP contribution is -2.37. The number of aromatic nitrogens is 2. The second kappa shape index (κ2) is 4.25. The molecule has 1 N–H and O–H groups in total. The summed E-state index contributed by atoms with van der Waals surface area (Å²) in [5.41, 5.74) is 1.29. The molecule has 1 aromatic heterocycles. The second-order valence-electron chi connectivity index (χ2n) is 3.57. The van der Waals surface area contributed by atoms with Gasteiger partial charge in [-0.2, -0.15) is 5.10 Å². The monoisotopic (exact) mass is 209 g/mol. The second-order valence-corrected chi connectivity index (χ2v) is 3.57. The predicted molar refractivity (Wildman–Crippen MR) is 55.6 cm³/mol. The van der Waals surface area contributed by atoms with Crippen molar-refractivity contribution in [3.63, 3.8) is 0 Å². The molecule has 0 saturated heterocycles. The van der Waals surface area contributed by atoms with Gasteiger partial charge < -0.3 is 5.32 Å². The van der Waals surface area contributed by atoms with Crippen molar-refractivity contribution in [2.24, 2.45) is 7.05 Å². The van der Waals surface area contributed by atoms with Gasteiger partial charge in [-0.1, -0.05) is 0 Å². The molecule has 0 bridgehead atoms. The molecule has 15 heavy (non-hydrogen) atoms. The molecule has 0 aliphatic rings. The molecule has 5 heteroatoms. The van der Waals surface area contributed by atoms with Gasteiger partial charge in [0.05, 0.1) is 17.8 Å². The number of rotatable bonds is 3. The lowest BCUT2D eigenvalue weighted by Gasteiger charge is -2.09. The minimum atomic E-state index is -0.461. The first kappa shape index (κ1) is 11.4. The van der Waals surface area contributed by atoms with Gasteiger partial charge in [-0.3, -0.25) is 14.3 Å². The Labute approximate surface area is 88.5 Å². The van der Waals surface area contributed by atoms with Gasteiger partial charge in [-0.25, -0.2) is 0 Å². The van der Waals surface area contributed by atoms with Crippen LogP contribution in [-0.4, -0.2) is 27.5 Å². The molecule has 82 valence electrons. The summed E-state index contributed by atoms with van der Waals surface area (Å²) in [5.74, 6) is -0.326. The Morgan fingerprint density at radius 3 is 2.53 bits per heavy atom. The Kier molecular flexibility index (Phi) is 3.24. The van der Waals surface area contributed by atoms with E-state index in [4.69, 9.17) is 0 Å². The summed E-state index contributed by atoms with van der Waals surface area (Å²) in [4.78, 5) is 22.6. The van der Waals surface area contributed by atoms with Crippen LogP contribution in [0.5, 0.6) is 0 Å². The van der Waals surface area contributed by atoms with E-state index in [2.05, 4.69) is 10.4 Å². The number of ketones is 1. The van der Waals surface area contributed by atoms with E-state index in [1.807, 2.05) is 0 Å². The maximum absolute atomic E-state index is 11.7. The first-order valence-electron chi connectivity index (χ1n) is 4.73. The molecular formula is C10H15N3O2. The van der Waals surface area contributed by atoms with E-state index in [1.54, 1.807) is 25.6 Å². The van der Waals surface area contributed by atoms with Gasteiger partial charge in [0.2, 0.25) is 0 Å². The molecule has 0 aliphatic heterocycles. The molecule has 1 rings (SSSR count). The SMILES string of the molecule is CC(=O)C(C)NC(=O)c1cnn(C)c1C. The third-order valence-electron chi connectivity index (χ3n) is 2.44. The lowest BCUT2D eigenvalue weighted by molar-refractivity contribution is -0.118. The van der Waals surface area contributed by atoms with Gasteiger partial charge >= 0.3 is 0 Å². The molecule has 0 radical (unpaired) electrons. The topological polar surface area (TPSA) is 64.0 Å². The van der Waals surface area contributed by atoms with Crippen LogP contribution in [-0.2, 0) is 11.8 Å². The number of amides is 1. The smallest absolute Gasteiger partial charge is 0.255 e. The molecule has 0 fully saturated rings. The lowest BCUT2D eigenvalue weighted by atomic mass is 10.2. The Morgan fingerprint density at radius 2 is 2.13 bits per heavy atom. The summed E-state index contributed by atoms with van der Waals surface area (Å²) < 4.78 is 1.62. The number of hydrogen-bond donors (Lipinski definition) is 1. The number of aryl methyl sites for hydroxylation is 1. The van der Waals surface area contributed by atoms with Gasteiger partial charge in [0.1, 0.15) is 0 Å². The third kappa shape index (κ3) is 2.43. The number of nitrogens with one attached hydrogen (secondary N) is 1. The maximum atomic E-state index is 11.7. The highest BCUT2D eigenvalue weighted by atomic mass is 16.2. The van der Waals surface area contributed by atoms with Crippen molar-refractivity contribution >= 4 is 11.7 Å². The van der Waals surface area contributed by atoms with E-state index in [-0.39, 0.29) is 11.7 Å². The van der Waals surface area contributed by atoms with Crippen LogP contribution < -0.4 is 5.32 Å². The molecule has 1 aromatic rings. The first-order valence-corrected chi connectivity index (χ1v) is 4.73. The van der Waals surface area contributed by atoms with Crippen LogP contribution in [0.2, 0.25) is 0 Å². The third-order valence-corrected chi connectivity index (χ3v) is 2.44. The van der Waals surface area contributed by atoms with E-state index in [9.17, 15) is 9.59 Å². The number of carbonyl (C=O) groups is 2. The zero-order valence-electron chi connectivity index (χ0n) is 9.37. The average molecular weight is 209 g/mol. The standard InChI is InChI=1S/C10H15N3O2/c1-6(8(3)14)12-10(15)9-5-11-13(4)7(9)2/h5-6H,1-4H3,(H,12,15). The van der Waals surface area contributed by atoms with Gasteiger partial charge in [0.25, 0.3) is 5.91 Å². The molecular weight excluding hydrogens is 194 g/mol. The van der Waals surface area contributed by atoms with E-state index in [0.29, 0.717) is 5.56 Å². The Balaban J connectivity index is 2.78. The van der Waals surface area contributed by atoms with Crippen molar-refractivity contribution in [3.05, 3.63) is 17.5 Å². The maximum Gasteiger partial charge on any atom is 0.255 e. The van der Waals surface area contributed by atoms with Crippen LogP contribution in [0.25, 0.3) is 0 Å². The highest BCUT2D eigenvalue weighted by Gasteiger charge is 2.16. The molecule has 0 spiro atoms. The average Bonchev–Trinajstić information content (AvgIpc) is 2.47. The molecule has 0 aromatic carbocycles. The van der Waals surface area contributed by atoms with Gasteiger partial charge in [-0.15, -0.1) is 0 Å².